The summed E-state index contributed by atoms with van der Waals surface area (Å²) >= 11 is 3.60. The molecule has 254 valence electrons. The minimum atomic E-state index is -0.521. The largest absolute Gasteiger partial charge is 0.358 e. The minimum Gasteiger partial charge on any atom is -0.358 e. The predicted molar refractivity (Wildman–Crippen MR) is 216 cm³/mol. The van der Waals surface area contributed by atoms with E-state index in [1.165, 1.54) is 33.4 Å². The molecular weight excluding hydrogens is 649 g/mol. The third-order valence-corrected chi connectivity index (χ3v) is 11.8. The van der Waals surface area contributed by atoms with Crippen LogP contribution in [0.3, 0.4) is 0 Å². The summed E-state index contributed by atoms with van der Waals surface area (Å²) < 4.78 is -1.01. The number of hydrogen-bond acceptors (Lipinski definition) is 4. The fourth-order valence-electron chi connectivity index (χ4n) is 6.40. The van der Waals surface area contributed by atoms with Crippen LogP contribution in [0.1, 0.15) is 47.2 Å². The molecule has 0 spiro atoms. The van der Waals surface area contributed by atoms with E-state index in [0.717, 1.165) is 0 Å². The molecule has 0 saturated carbocycles. The number of likely N-dealkylation sites (N-methyl/N-ethyl adjacent to an activating group) is 1. The summed E-state index contributed by atoms with van der Waals surface area (Å²) in [5.41, 5.74) is 7.10. The van der Waals surface area contributed by atoms with Gasteiger partial charge in [0.05, 0.1) is 15.5 Å². The van der Waals surface area contributed by atoms with Gasteiger partial charge in [-0.25, -0.2) is 0 Å². The fourth-order valence-corrected chi connectivity index (χ4v) is 9.40. The van der Waals surface area contributed by atoms with Crippen LogP contribution in [-0.4, -0.2) is 30.6 Å². The fraction of sp³-hybridized carbons (Fsp3) is 0.178. The summed E-state index contributed by atoms with van der Waals surface area (Å²) in [7, 11) is 1.72. The minimum absolute atomic E-state index is 0.0316. The maximum atomic E-state index is 13.6. The second kappa shape index (κ2) is 18.4. The molecule has 50 heavy (non-hydrogen) atoms. The first kappa shape index (κ1) is 36.7. The Bertz CT molecular complexity index is 1650. The molecule has 0 fully saturated rings. The zero-order chi connectivity index (χ0) is 35.1. The van der Waals surface area contributed by atoms with E-state index in [2.05, 4.69) is 193 Å². The van der Waals surface area contributed by atoms with E-state index in [0.29, 0.717) is 11.6 Å². The molecule has 5 heteroatoms. The lowest BCUT2D eigenvalue weighted by Crippen LogP contribution is -2.46. The van der Waals surface area contributed by atoms with Crippen molar-refractivity contribution in [1.29, 1.82) is 0 Å². The van der Waals surface area contributed by atoms with E-state index in [9.17, 15) is 4.79 Å². The molecular formula is C45H46N2OS2. The van der Waals surface area contributed by atoms with Crippen LogP contribution in [0.25, 0.3) is 0 Å². The van der Waals surface area contributed by atoms with Crippen LogP contribution < -0.4 is 10.6 Å². The van der Waals surface area contributed by atoms with E-state index in [-0.39, 0.29) is 5.91 Å². The first-order valence-electron chi connectivity index (χ1n) is 17.2. The molecule has 2 N–H and O–H groups in total. The van der Waals surface area contributed by atoms with Crippen molar-refractivity contribution in [2.45, 2.75) is 29.4 Å². The van der Waals surface area contributed by atoms with Crippen LogP contribution in [0.4, 0.5) is 0 Å². The van der Waals surface area contributed by atoms with E-state index in [1.807, 2.05) is 13.8 Å². The number of nitrogens with one attached hydrogen (secondary N) is 2. The molecule has 6 rings (SSSR count). The number of rotatable bonds is 14. The SMILES string of the molecule is CC.CNC(=O)C(CSC(c1ccccc1)(c1ccccc1)c1ccccc1)NCSC(c1ccccc1)(c1ccccc1)c1ccccc1. The molecule has 0 aromatic heterocycles. The summed E-state index contributed by atoms with van der Waals surface area (Å²) in [4.78, 5) is 13.6. The highest BCUT2D eigenvalue weighted by atomic mass is 32.2. The van der Waals surface area contributed by atoms with Crippen molar-refractivity contribution in [3.63, 3.8) is 0 Å². The van der Waals surface area contributed by atoms with Crippen molar-refractivity contribution < 1.29 is 4.79 Å². The van der Waals surface area contributed by atoms with Crippen LogP contribution >= 0.6 is 23.5 Å². The number of carbonyl (C=O) groups is 1. The van der Waals surface area contributed by atoms with Crippen molar-refractivity contribution in [2.75, 3.05) is 18.7 Å². The predicted octanol–water partition coefficient (Wildman–Crippen LogP) is 10.1. The summed E-state index contributed by atoms with van der Waals surface area (Å²) in [5, 5.41) is 6.63. The standard InChI is InChI=1S/C43H40N2OS2.C2H6/c1-44-41(46)40(32-47-42(34-20-8-2-9-21-34,35-22-10-3-11-23-35)36-24-12-4-13-25-36)45-33-48-43(37-26-14-5-15-27-37,38-28-16-6-17-29-38)39-30-18-7-19-31-39;1-2/h2-31,40,45H,32-33H2,1H3,(H,44,46);1-2H3. The van der Waals surface area contributed by atoms with Gasteiger partial charge in [0.2, 0.25) is 5.91 Å². The Morgan fingerprint density at radius 2 is 0.740 bits per heavy atom. The molecule has 0 aliphatic rings. The van der Waals surface area contributed by atoms with Crippen LogP contribution in [0.15, 0.2) is 182 Å². The molecule has 0 aliphatic carbocycles. The highest BCUT2D eigenvalue weighted by Crippen LogP contribution is 2.50. The van der Waals surface area contributed by atoms with Crippen LogP contribution in [0.2, 0.25) is 0 Å². The van der Waals surface area contributed by atoms with Crippen LogP contribution in [-0.2, 0) is 14.3 Å². The Kier molecular flexibility index (Phi) is 13.5. The van der Waals surface area contributed by atoms with Gasteiger partial charge in [-0.3, -0.25) is 10.1 Å². The monoisotopic (exact) mass is 694 g/mol. The van der Waals surface area contributed by atoms with Gasteiger partial charge in [0.25, 0.3) is 0 Å². The van der Waals surface area contributed by atoms with Crippen molar-refractivity contribution >= 4 is 29.4 Å². The Labute approximate surface area is 307 Å². The van der Waals surface area contributed by atoms with Gasteiger partial charge in [0.1, 0.15) is 0 Å². The maximum Gasteiger partial charge on any atom is 0.237 e. The lowest BCUT2D eigenvalue weighted by molar-refractivity contribution is -0.122. The van der Waals surface area contributed by atoms with Crippen LogP contribution in [0.5, 0.6) is 0 Å². The highest BCUT2D eigenvalue weighted by molar-refractivity contribution is 8.01. The van der Waals surface area contributed by atoms with Gasteiger partial charge in [0.15, 0.2) is 0 Å². The van der Waals surface area contributed by atoms with Crippen molar-refractivity contribution in [2.24, 2.45) is 0 Å². The van der Waals surface area contributed by atoms with Gasteiger partial charge in [-0.1, -0.05) is 196 Å². The number of thioether (sulfide) groups is 2. The molecule has 6 aromatic rings. The number of benzene rings is 6. The quantitative estimate of drug-likeness (QED) is 0.0880. The van der Waals surface area contributed by atoms with Gasteiger partial charge in [-0.05, 0) is 33.4 Å². The van der Waals surface area contributed by atoms with Crippen molar-refractivity contribution in [1.82, 2.24) is 10.6 Å². The molecule has 1 unspecified atom stereocenters. The molecule has 6 aromatic carbocycles. The first-order valence-corrected chi connectivity index (χ1v) is 19.2. The normalized spacial score (nSPS) is 11.9. The third kappa shape index (κ3) is 8.08. The van der Waals surface area contributed by atoms with Gasteiger partial charge in [-0.2, -0.15) is 0 Å². The van der Waals surface area contributed by atoms with E-state index in [1.54, 1.807) is 30.6 Å². The Balaban J connectivity index is 0.00000239. The lowest BCUT2D eigenvalue weighted by Gasteiger charge is -2.37. The highest BCUT2D eigenvalue weighted by Gasteiger charge is 2.40. The first-order chi connectivity index (χ1) is 24.7. The number of hydrogen-bond donors (Lipinski definition) is 2. The zero-order valence-electron chi connectivity index (χ0n) is 29.0. The molecule has 1 amide bonds. The Morgan fingerprint density at radius 1 is 0.480 bits per heavy atom. The molecule has 0 radical (unpaired) electrons. The van der Waals surface area contributed by atoms with Gasteiger partial charge < -0.3 is 5.32 Å². The third-order valence-electron chi connectivity index (χ3n) is 8.73. The van der Waals surface area contributed by atoms with E-state index in [4.69, 9.17) is 0 Å². The smallest absolute Gasteiger partial charge is 0.237 e. The van der Waals surface area contributed by atoms with Gasteiger partial charge in [-0.15, -0.1) is 23.5 Å². The van der Waals surface area contributed by atoms with Gasteiger partial charge >= 0.3 is 0 Å². The maximum absolute atomic E-state index is 13.6. The summed E-state index contributed by atoms with van der Waals surface area (Å²) in [6.45, 7) is 4.00. The van der Waals surface area contributed by atoms with E-state index >= 15 is 0 Å². The number of carbonyl (C=O) groups excluding carboxylic acids is 1. The number of amides is 1. The van der Waals surface area contributed by atoms with E-state index < -0.39 is 15.5 Å². The van der Waals surface area contributed by atoms with Crippen molar-refractivity contribution in [3.8, 4) is 0 Å². The average molecular weight is 695 g/mol. The molecule has 3 nitrogen and oxygen atoms in total. The Hall–Kier alpha value is -4.55. The topological polar surface area (TPSA) is 41.1 Å². The molecule has 0 aliphatic heterocycles. The molecule has 1 atom stereocenters. The summed E-state index contributed by atoms with van der Waals surface area (Å²) in [6, 6.07) is 63.5. The average Bonchev–Trinajstić information content (AvgIpc) is 3.21. The lowest BCUT2D eigenvalue weighted by atomic mass is 9.84. The molecule has 0 heterocycles. The Morgan fingerprint density at radius 3 is 1.00 bits per heavy atom. The zero-order valence-corrected chi connectivity index (χ0v) is 30.7. The molecule has 0 bridgehead atoms. The second-order valence-electron chi connectivity index (χ2n) is 11.5. The second-order valence-corrected chi connectivity index (χ2v) is 14.0. The summed E-state index contributed by atoms with van der Waals surface area (Å²) in [6.07, 6.45) is 0. The van der Waals surface area contributed by atoms with Crippen molar-refractivity contribution in [3.05, 3.63) is 215 Å². The van der Waals surface area contributed by atoms with Gasteiger partial charge in [0, 0.05) is 18.7 Å². The van der Waals surface area contributed by atoms with Crippen LogP contribution in [0, 0.1) is 0 Å². The molecule has 0 saturated heterocycles. The summed E-state index contributed by atoms with van der Waals surface area (Å²) in [5.74, 6) is 1.07.